The third kappa shape index (κ3) is 7.36. The van der Waals surface area contributed by atoms with E-state index in [0.29, 0.717) is 0 Å². The highest BCUT2D eigenvalue weighted by atomic mass is 16.3. The van der Waals surface area contributed by atoms with Gasteiger partial charge in [0, 0.05) is 61.4 Å². The third-order valence-corrected chi connectivity index (χ3v) is 13.6. The summed E-state index contributed by atoms with van der Waals surface area (Å²) < 4.78 is 8.57. The number of hydrogen-bond donors (Lipinski definition) is 0. The van der Waals surface area contributed by atoms with Crippen LogP contribution >= 0.6 is 0 Å². The van der Waals surface area contributed by atoms with Gasteiger partial charge >= 0.3 is 0 Å². The Hall–Kier alpha value is -9.38. The monoisotopic (exact) mass is 895 g/mol. The molecule has 0 atom stereocenters. The normalized spacial score (nSPS) is 11.4. The zero-order valence-corrected chi connectivity index (χ0v) is 38.2. The zero-order chi connectivity index (χ0) is 46.4. The zero-order valence-electron chi connectivity index (χ0n) is 38.2. The molecule has 70 heavy (non-hydrogen) atoms. The lowest BCUT2D eigenvalue weighted by Gasteiger charge is -2.25. The van der Waals surface area contributed by atoms with Crippen LogP contribution in [0.25, 0.3) is 82.8 Å². The standard InChI is InChI=1S/C66H45N3O/c1-5-15-52(16-6-1)67(53-17-7-2-8-18-53)56-34-25-46(26-35-56)49-31-40-63-60(43-49)61-44-50(47-27-36-57(37-28-47)68(54-19-9-3-10-20-54)55-21-11-4-12-22-55)32-41-64(61)69(63)58-38-29-48(30-39-58)51-33-42-66-62(45-51)59-23-13-14-24-65(59)70-66/h1-45H. The molecule has 2 heterocycles. The van der Waals surface area contributed by atoms with Crippen LogP contribution in [0, 0.1) is 0 Å². The minimum Gasteiger partial charge on any atom is -0.456 e. The molecule has 0 saturated heterocycles. The van der Waals surface area contributed by atoms with Crippen molar-refractivity contribution in [2.24, 2.45) is 0 Å². The molecule has 0 N–H and O–H groups in total. The van der Waals surface area contributed by atoms with E-state index in [-0.39, 0.29) is 0 Å². The Bertz CT molecular complexity index is 3690. The lowest BCUT2D eigenvalue weighted by atomic mass is 9.99. The van der Waals surface area contributed by atoms with E-state index < -0.39 is 0 Å². The number of fused-ring (bicyclic) bond motifs is 6. The second-order valence-corrected chi connectivity index (χ2v) is 17.8. The van der Waals surface area contributed by atoms with Gasteiger partial charge in [-0.1, -0.05) is 146 Å². The fraction of sp³-hybridized carbons (Fsp3) is 0. The molecule has 2 aromatic heterocycles. The summed E-state index contributed by atoms with van der Waals surface area (Å²) in [5.41, 5.74) is 18.9. The Morgan fingerprint density at radius 1 is 0.243 bits per heavy atom. The Kier molecular flexibility index (Phi) is 10.1. The van der Waals surface area contributed by atoms with Crippen molar-refractivity contribution in [2.45, 2.75) is 0 Å². The summed E-state index contributed by atoms with van der Waals surface area (Å²) in [5.74, 6) is 0. The summed E-state index contributed by atoms with van der Waals surface area (Å²) in [7, 11) is 0. The van der Waals surface area contributed by atoms with Gasteiger partial charge in [-0.2, -0.15) is 0 Å². The molecule has 0 aliphatic heterocycles. The van der Waals surface area contributed by atoms with Gasteiger partial charge in [0.15, 0.2) is 0 Å². The van der Waals surface area contributed by atoms with Gasteiger partial charge in [-0.05, 0) is 161 Å². The van der Waals surface area contributed by atoms with E-state index in [1.807, 2.05) is 12.1 Å². The molecule has 0 aliphatic carbocycles. The second kappa shape index (κ2) is 17.4. The number of para-hydroxylation sites is 5. The van der Waals surface area contributed by atoms with Crippen LogP contribution in [0.15, 0.2) is 277 Å². The highest BCUT2D eigenvalue weighted by molar-refractivity contribution is 6.12. The molecule has 13 aromatic rings. The highest BCUT2D eigenvalue weighted by Gasteiger charge is 2.18. The SMILES string of the molecule is c1ccc(N(c2ccccc2)c2ccc(-c3ccc4c(c3)c3cc(-c5ccc(N(c6ccccc6)c6ccccc6)cc5)ccc3n4-c3ccc(-c4ccc5oc6ccccc6c5c4)cc3)cc2)cc1. The molecule has 4 nitrogen and oxygen atoms in total. The number of hydrogen-bond acceptors (Lipinski definition) is 3. The third-order valence-electron chi connectivity index (χ3n) is 13.6. The van der Waals surface area contributed by atoms with Crippen molar-refractivity contribution in [1.82, 2.24) is 4.57 Å². The molecule has 13 rings (SSSR count). The van der Waals surface area contributed by atoms with E-state index in [4.69, 9.17) is 4.42 Å². The van der Waals surface area contributed by atoms with Crippen LogP contribution in [0.2, 0.25) is 0 Å². The predicted molar refractivity (Wildman–Crippen MR) is 294 cm³/mol. The van der Waals surface area contributed by atoms with Crippen molar-refractivity contribution in [1.29, 1.82) is 0 Å². The molecule has 0 bridgehead atoms. The highest BCUT2D eigenvalue weighted by Crippen LogP contribution is 2.41. The number of rotatable bonds is 10. The van der Waals surface area contributed by atoms with Gasteiger partial charge in [-0.3, -0.25) is 0 Å². The van der Waals surface area contributed by atoms with Crippen LogP contribution in [-0.2, 0) is 0 Å². The fourth-order valence-electron chi connectivity index (χ4n) is 10.2. The summed E-state index contributed by atoms with van der Waals surface area (Å²) in [6, 6.07) is 97.8. The maximum atomic E-state index is 6.16. The van der Waals surface area contributed by atoms with Crippen molar-refractivity contribution in [2.75, 3.05) is 9.80 Å². The van der Waals surface area contributed by atoms with Crippen LogP contribution in [0.4, 0.5) is 34.1 Å². The number of anilines is 6. The summed E-state index contributed by atoms with van der Waals surface area (Å²) in [6.45, 7) is 0. The van der Waals surface area contributed by atoms with Crippen LogP contribution < -0.4 is 9.80 Å². The van der Waals surface area contributed by atoms with E-state index >= 15 is 0 Å². The Labute approximate surface area is 406 Å². The van der Waals surface area contributed by atoms with Crippen molar-refractivity contribution in [3.63, 3.8) is 0 Å². The van der Waals surface area contributed by atoms with Crippen LogP contribution in [-0.4, -0.2) is 4.57 Å². The largest absolute Gasteiger partial charge is 0.456 e. The average molecular weight is 896 g/mol. The van der Waals surface area contributed by atoms with Crippen LogP contribution in [0.5, 0.6) is 0 Å². The van der Waals surface area contributed by atoms with Crippen molar-refractivity contribution < 1.29 is 4.42 Å². The molecular formula is C66H45N3O. The first kappa shape index (κ1) is 40.9. The van der Waals surface area contributed by atoms with E-state index in [9.17, 15) is 0 Å². The van der Waals surface area contributed by atoms with Gasteiger partial charge in [0.05, 0.1) is 11.0 Å². The maximum Gasteiger partial charge on any atom is 0.135 e. The first-order chi connectivity index (χ1) is 34.7. The molecule has 4 heteroatoms. The maximum absolute atomic E-state index is 6.16. The fourth-order valence-corrected chi connectivity index (χ4v) is 10.2. The first-order valence-electron chi connectivity index (χ1n) is 23.8. The summed E-state index contributed by atoms with van der Waals surface area (Å²) in [6.07, 6.45) is 0. The summed E-state index contributed by atoms with van der Waals surface area (Å²) in [5, 5.41) is 4.66. The van der Waals surface area contributed by atoms with Crippen molar-refractivity contribution in [3.05, 3.63) is 273 Å². The minimum absolute atomic E-state index is 0.903. The van der Waals surface area contributed by atoms with E-state index in [1.54, 1.807) is 0 Å². The van der Waals surface area contributed by atoms with Gasteiger partial charge < -0.3 is 18.8 Å². The molecule has 0 fully saturated rings. The van der Waals surface area contributed by atoms with E-state index in [2.05, 4.69) is 275 Å². The predicted octanol–water partition coefficient (Wildman–Crippen LogP) is 18.6. The average Bonchev–Trinajstić information content (AvgIpc) is 3.97. The molecule has 0 amide bonds. The molecule has 0 spiro atoms. The molecule has 0 unspecified atom stereocenters. The van der Waals surface area contributed by atoms with E-state index in [0.717, 1.165) is 95.0 Å². The quantitative estimate of drug-likeness (QED) is 0.137. The van der Waals surface area contributed by atoms with Gasteiger partial charge in [-0.25, -0.2) is 0 Å². The smallest absolute Gasteiger partial charge is 0.135 e. The number of nitrogens with zero attached hydrogens (tertiary/aromatic N) is 3. The van der Waals surface area contributed by atoms with Gasteiger partial charge in [0.25, 0.3) is 0 Å². The molecule has 0 radical (unpaired) electrons. The Balaban J connectivity index is 0.906. The first-order valence-corrected chi connectivity index (χ1v) is 23.8. The van der Waals surface area contributed by atoms with Gasteiger partial charge in [-0.15, -0.1) is 0 Å². The number of furan rings is 1. The number of benzene rings is 11. The Morgan fingerprint density at radius 2 is 0.571 bits per heavy atom. The van der Waals surface area contributed by atoms with Gasteiger partial charge in [0.2, 0.25) is 0 Å². The lowest BCUT2D eigenvalue weighted by molar-refractivity contribution is 0.669. The topological polar surface area (TPSA) is 24.6 Å². The molecular weight excluding hydrogens is 851 g/mol. The van der Waals surface area contributed by atoms with E-state index in [1.165, 1.54) is 21.9 Å². The second-order valence-electron chi connectivity index (χ2n) is 17.8. The van der Waals surface area contributed by atoms with Crippen LogP contribution in [0.3, 0.4) is 0 Å². The van der Waals surface area contributed by atoms with Crippen LogP contribution in [0.1, 0.15) is 0 Å². The van der Waals surface area contributed by atoms with Crippen molar-refractivity contribution in [3.8, 4) is 39.1 Å². The van der Waals surface area contributed by atoms with Crippen molar-refractivity contribution >= 4 is 77.9 Å². The molecule has 330 valence electrons. The summed E-state index contributed by atoms with van der Waals surface area (Å²) in [4.78, 5) is 4.61. The van der Waals surface area contributed by atoms with Gasteiger partial charge in [0.1, 0.15) is 11.2 Å². The summed E-state index contributed by atoms with van der Waals surface area (Å²) >= 11 is 0. The molecule has 0 saturated carbocycles. The molecule has 11 aromatic carbocycles. The number of aromatic nitrogens is 1. The molecule has 0 aliphatic rings. The minimum atomic E-state index is 0.903. The lowest BCUT2D eigenvalue weighted by Crippen LogP contribution is -2.09. The Morgan fingerprint density at radius 3 is 1.01 bits per heavy atom.